The van der Waals surface area contributed by atoms with E-state index in [4.69, 9.17) is 28.6 Å². The second kappa shape index (κ2) is 9.74. The average molecular weight is 392 g/mol. The fourth-order valence-corrected chi connectivity index (χ4v) is 2.34. The number of benzene rings is 2. The van der Waals surface area contributed by atoms with Gasteiger partial charge in [0.05, 0.1) is 5.02 Å². The molecule has 0 saturated heterocycles. The number of rotatable bonds is 6. The van der Waals surface area contributed by atoms with Crippen LogP contribution in [0.5, 0.6) is 5.75 Å². The molecule has 2 aromatic carbocycles. The molecule has 2 aromatic rings. The van der Waals surface area contributed by atoms with E-state index in [0.717, 1.165) is 0 Å². The monoisotopic (exact) mass is 391 g/mol. The van der Waals surface area contributed by atoms with Gasteiger partial charge in [-0.1, -0.05) is 30.7 Å². The largest absolute Gasteiger partial charge is 0.482 e. The van der Waals surface area contributed by atoms with Crippen LogP contribution in [0, 0.1) is 0 Å². The van der Waals surface area contributed by atoms with Gasteiger partial charge in [-0.3, -0.25) is 9.59 Å². The van der Waals surface area contributed by atoms with Crippen molar-refractivity contribution in [2.24, 2.45) is 0 Å². The third-order valence-corrected chi connectivity index (χ3v) is 3.71. The number of amides is 2. The van der Waals surface area contributed by atoms with Crippen molar-refractivity contribution in [3.05, 3.63) is 53.6 Å². The molecule has 0 aromatic heterocycles. The Hall–Kier alpha value is -2.64. The number of ether oxygens (including phenoxy) is 1. The van der Waals surface area contributed by atoms with Crippen LogP contribution in [0.4, 0.5) is 11.4 Å². The number of hydrogen-bond donors (Lipinski definition) is 3. The van der Waals surface area contributed by atoms with E-state index in [1.807, 2.05) is 0 Å². The zero-order valence-electron chi connectivity index (χ0n) is 14.0. The molecule has 0 bridgehead atoms. The molecule has 0 saturated carbocycles. The molecule has 0 aliphatic carbocycles. The summed E-state index contributed by atoms with van der Waals surface area (Å²) in [6.45, 7) is 1.59. The van der Waals surface area contributed by atoms with Gasteiger partial charge in [0.2, 0.25) is 5.91 Å². The molecule has 8 heteroatoms. The van der Waals surface area contributed by atoms with Gasteiger partial charge < -0.3 is 20.7 Å². The number of thiocarbonyl (C=S) groups is 1. The van der Waals surface area contributed by atoms with E-state index in [9.17, 15) is 9.59 Å². The van der Waals surface area contributed by atoms with Gasteiger partial charge in [-0.25, -0.2) is 0 Å². The lowest BCUT2D eigenvalue weighted by Crippen LogP contribution is -2.33. The van der Waals surface area contributed by atoms with Crippen LogP contribution in [0.15, 0.2) is 48.5 Å². The van der Waals surface area contributed by atoms with Gasteiger partial charge >= 0.3 is 0 Å². The van der Waals surface area contributed by atoms with Crippen molar-refractivity contribution >= 4 is 52.1 Å². The molecule has 0 fully saturated rings. The van der Waals surface area contributed by atoms with Crippen LogP contribution in [0.2, 0.25) is 5.02 Å². The lowest BCUT2D eigenvalue weighted by molar-refractivity contribution is -0.119. The Kier molecular flexibility index (Phi) is 7.37. The second-order valence-electron chi connectivity index (χ2n) is 5.20. The molecular weight excluding hydrogens is 374 g/mol. The Bertz CT molecular complexity index is 797. The van der Waals surface area contributed by atoms with Gasteiger partial charge in [0.1, 0.15) is 5.75 Å². The van der Waals surface area contributed by atoms with Crippen LogP contribution in [0.3, 0.4) is 0 Å². The van der Waals surface area contributed by atoms with Crippen LogP contribution < -0.4 is 20.7 Å². The van der Waals surface area contributed by atoms with Crippen molar-refractivity contribution in [2.45, 2.75) is 13.3 Å². The summed E-state index contributed by atoms with van der Waals surface area (Å²) >= 11 is 11.0. The van der Waals surface area contributed by atoms with Crippen molar-refractivity contribution < 1.29 is 14.3 Å². The highest BCUT2D eigenvalue weighted by atomic mass is 35.5. The Morgan fingerprint density at radius 3 is 2.23 bits per heavy atom. The summed E-state index contributed by atoms with van der Waals surface area (Å²) in [7, 11) is 0. The van der Waals surface area contributed by atoms with Crippen molar-refractivity contribution in [1.82, 2.24) is 5.32 Å². The standard InChI is InChI=1S/C18H18ClN3O3S/c1-2-16(23)22-18(26)21-13-9-7-12(8-10-13)20-17(24)11-25-15-6-4-3-5-14(15)19/h3-10H,2,11H2,1H3,(H,20,24)(H2,21,22,23,26). The Balaban J connectivity index is 1.82. The van der Waals surface area contributed by atoms with Gasteiger partial charge in [0.15, 0.2) is 11.7 Å². The molecule has 26 heavy (non-hydrogen) atoms. The van der Waals surface area contributed by atoms with Gasteiger partial charge in [-0.05, 0) is 48.6 Å². The highest BCUT2D eigenvalue weighted by Gasteiger charge is 2.07. The molecule has 0 spiro atoms. The predicted molar refractivity (Wildman–Crippen MR) is 107 cm³/mol. The SMILES string of the molecule is CCC(=O)NC(=S)Nc1ccc(NC(=O)COc2ccccc2Cl)cc1. The molecule has 0 heterocycles. The Morgan fingerprint density at radius 2 is 1.62 bits per heavy atom. The third-order valence-electron chi connectivity index (χ3n) is 3.20. The van der Waals surface area contributed by atoms with Gasteiger partial charge in [0.25, 0.3) is 5.91 Å². The normalized spacial score (nSPS) is 9.92. The summed E-state index contributed by atoms with van der Waals surface area (Å²) in [4.78, 5) is 23.2. The molecule has 2 rings (SSSR count). The molecule has 2 amide bonds. The first-order chi connectivity index (χ1) is 12.5. The van der Waals surface area contributed by atoms with E-state index >= 15 is 0 Å². The quantitative estimate of drug-likeness (QED) is 0.656. The average Bonchev–Trinajstić information content (AvgIpc) is 2.62. The minimum atomic E-state index is -0.309. The maximum Gasteiger partial charge on any atom is 0.262 e. The van der Waals surface area contributed by atoms with Crippen LogP contribution in [0.25, 0.3) is 0 Å². The Morgan fingerprint density at radius 1 is 1.00 bits per heavy atom. The summed E-state index contributed by atoms with van der Waals surface area (Å²) in [6, 6.07) is 13.8. The van der Waals surface area contributed by atoms with Crippen LogP contribution in [-0.4, -0.2) is 23.5 Å². The van der Waals surface area contributed by atoms with E-state index in [1.54, 1.807) is 55.5 Å². The molecule has 0 atom stereocenters. The minimum Gasteiger partial charge on any atom is -0.482 e. The summed E-state index contributed by atoms with van der Waals surface area (Å²) in [6.07, 6.45) is 0.350. The van der Waals surface area contributed by atoms with Gasteiger partial charge in [-0.15, -0.1) is 0 Å². The molecule has 0 aliphatic heterocycles. The number of anilines is 2. The van der Waals surface area contributed by atoms with Crippen molar-refractivity contribution in [1.29, 1.82) is 0 Å². The molecule has 136 valence electrons. The van der Waals surface area contributed by atoms with Gasteiger partial charge in [0, 0.05) is 17.8 Å². The number of carbonyl (C=O) groups is 2. The highest BCUT2D eigenvalue weighted by molar-refractivity contribution is 7.80. The summed E-state index contributed by atoms with van der Waals surface area (Å²) in [5.41, 5.74) is 1.29. The first-order valence-corrected chi connectivity index (χ1v) is 8.64. The predicted octanol–water partition coefficient (Wildman–Crippen LogP) is 3.58. The van der Waals surface area contributed by atoms with E-state index in [0.29, 0.717) is 28.6 Å². The number of para-hydroxylation sites is 1. The minimum absolute atomic E-state index is 0.156. The summed E-state index contributed by atoms with van der Waals surface area (Å²) in [5, 5.41) is 8.82. The van der Waals surface area contributed by atoms with Crippen molar-refractivity contribution in [3.8, 4) is 5.75 Å². The van der Waals surface area contributed by atoms with Crippen LogP contribution in [0.1, 0.15) is 13.3 Å². The van der Waals surface area contributed by atoms with Crippen molar-refractivity contribution in [2.75, 3.05) is 17.2 Å². The molecule has 0 radical (unpaired) electrons. The lowest BCUT2D eigenvalue weighted by Gasteiger charge is -2.11. The number of hydrogen-bond acceptors (Lipinski definition) is 4. The first-order valence-electron chi connectivity index (χ1n) is 7.86. The maximum atomic E-state index is 12.0. The summed E-state index contributed by atoms with van der Waals surface area (Å²) in [5.74, 6) is -0.0206. The molecular formula is C18H18ClN3O3S. The van der Waals surface area contributed by atoms with E-state index in [-0.39, 0.29) is 23.5 Å². The lowest BCUT2D eigenvalue weighted by atomic mass is 10.3. The first kappa shape index (κ1) is 19.7. The second-order valence-corrected chi connectivity index (χ2v) is 6.02. The maximum absolute atomic E-state index is 12.0. The molecule has 0 aliphatic rings. The van der Waals surface area contributed by atoms with Crippen molar-refractivity contribution in [3.63, 3.8) is 0 Å². The molecule has 6 nitrogen and oxygen atoms in total. The smallest absolute Gasteiger partial charge is 0.262 e. The number of halogens is 1. The van der Waals surface area contributed by atoms with Crippen LogP contribution >= 0.6 is 23.8 Å². The zero-order chi connectivity index (χ0) is 18.9. The Labute approximate surface area is 161 Å². The zero-order valence-corrected chi connectivity index (χ0v) is 15.6. The fourth-order valence-electron chi connectivity index (χ4n) is 1.92. The van der Waals surface area contributed by atoms with Crippen LogP contribution in [-0.2, 0) is 9.59 Å². The number of nitrogens with one attached hydrogen (secondary N) is 3. The van der Waals surface area contributed by atoms with E-state index in [2.05, 4.69) is 16.0 Å². The molecule has 3 N–H and O–H groups in total. The van der Waals surface area contributed by atoms with E-state index < -0.39 is 0 Å². The topological polar surface area (TPSA) is 79.5 Å². The summed E-state index contributed by atoms with van der Waals surface area (Å²) < 4.78 is 5.38. The number of carbonyl (C=O) groups excluding carboxylic acids is 2. The third kappa shape index (κ3) is 6.34. The van der Waals surface area contributed by atoms with Gasteiger partial charge in [-0.2, -0.15) is 0 Å². The highest BCUT2D eigenvalue weighted by Crippen LogP contribution is 2.23. The van der Waals surface area contributed by atoms with E-state index in [1.165, 1.54) is 0 Å². The molecule has 0 unspecified atom stereocenters. The fraction of sp³-hybridized carbons (Fsp3) is 0.167.